The van der Waals surface area contributed by atoms with Gasteiger partial charge in [-0.15, -0.1) is 0 Å². The van der Waals surface area contributed by atoms with Gasteiger partial charge in [-0.05, 0) is 49.2 Å². The molecule has 2 amide bonds. The monoisotopic (exact) mass is 409 g/mol. The van der Waals surface area contributed by atoms with E-state index in [2.05, 4.69) is 16.3 Å². The van der Waals surface area contributed by atoms with Crippen LogP contribution in [0, 0.1) is 19.8 Å². The van der Waals surface area contributed by atoms with Gasteiger partial charge in [-0.1, -0.05) is 32.0 Å². The molecule has 0 aromatic heterocycles. The SMILES string of the molecule is Cc1cc(C)cc(OCC(=O)Nc2ccccc2N2CCN(C(=O)C(C)C)CC2)c1. The number of carbonyl (C=O) groups is 2. The molecule has 6 nitrogen and oxygen atoms in total. The predicted octanol–water partition coefficient (Wildman–Crippen LogP) is 3.63. The molecule has 0 aliphatic carbocycles. The molecule has 0 radical (unpaired) electrons. The van der Waals surface area contributed by atoms with E-state index in [1.165, 1.54) is 0 Å². The van der Waals surface area contributed by atoms with Gasteiger partial charge in [-0.25, -0.2) is 0 Å². The lowest BCUT2D eigenvalue weighted by molar-refractivity contribution is -0.134. The molecule has 0 atom stereocenters. The number of rotatable bonds is 6. The zero-order chi connectivity index (χ0) is 21.7. The van der Waals surface area contributed by atoms with Crippen LogP contribution < -0.4 is 15.0 Å². The highest BCUT2D eigenvalue weighted by atomic mass is 16.5. The summed E-state index contributed by atoms with van der Waals surface area (Å²) in [5.74, 6) is 0.706. The third kappa shape index (κ3) is 5.53. The van der Waals surface area contributed by atoms with Crippen molar-refractivity contribution in [3.63, 3.8) is 0 Å². The first-order chi connectivity index (χ1) is 14.3. The number of para-hydroxylation sites is 2. The van der Waals surface area contributed by atoms with Crippen molar-refractivity contribution in [3.05, 3.63) is 53.6 Å². The highest BCUT2D eigenvalue weighted by Crippen LogP contribution is 2.27. The van der Waals surface area contributed by atoms with Crippen molar-refractivity contribution >= 4 is 23.2 Å². The fourth-order valence-corrected chi connectivity index (χ4v) is 3.74. The topological polar surface area (TPSA) is 61.9 Å². The average Bonchev–Trinajstić information content (AvgIpc) is 2.71. The quantitative estimate of drug-likeness (QED) is 0.792. The molecule has 1 aliphatic heterocycles. The average molecular weight is 410 g/mol. The van der Waals surface area contributed by atoms with E-state index < -0.39 is 0 Å². The van der Waals surface area contributed by atoms with Crippen molar-refractivity contribution in [3.8, 4) is 5.75 Å². The van der Waals surface area contributed by atoms with Gasteiger partial charge in [0.1, 0.15) is 5.75 Å². The number of benzene rings is 2. The van der Waals surface area contributed by atoms with Gasteiger partial charge in [0.05, 0.1) is 11.4 Å². The number of amides is 2. The number of aryl methyl sites for hydroxylation is 2. The zero-order valence-electron chi connectivity index (χ0n) is 18.3. The Morgan fingerprint density at radius 2 is 1.63 bits per heavy atom. The molecular formula is C24H31N3O3. The number of piperazine rings is 1. The second-order valence-electron chi connectivity index (χ2n) is 8.14. The van der Waals surface area contributed by atoms with E-state index in [0.717, 1.165) is 35.6 Å². The van der Waals surface area contributed by atoms with Crippen LogP contribution in [0.1, 0.15) is 25.0 Å². The number of carbonyl (C=O) groups excluding carboxylic acids is 2. The number of ether oxygens (including phenoxy) is 1. The van der Waals surface area contributed by atoms with E-state index in [-0.39, 0.29) is 24.3 Å². The summed E-state index contributed by atoms with van der Waals surface area (Å²) in [5.41, 5.74) is 3.93. The molecule has 3 rings (SSSR count). The number of hydrogen-bond acceptors (Lipinski definition) is 4. The molecule has 0 spiro atoms. The van der Waals surface area contributed by atoms with Crippen LogP contribution in [0.4, 0.5) is 11.4 Å². The molecule has 1 N–H and O–H groups in total. The van der Waals surface area contributed by atoms with Gasteiger partial charge in [0.15, 0.2) is 6.61 Å². The minimum atomic E-state index is -0.199. The Kier molecular flexibility index (Phi) is 6.98. The van der Waals surface area contributed by atoms with Crippen molar-refractivity contribution in [2.24, 2.45) is 5.92 Å². The summed E-state index contributed by atoms with van der Waals surface area (Å²) in [4.78, 5) is 28.8. The molecule has 1 saturated heterocycles. The van der Waals surface area contributed by atoms with E-state index in [1.54, 1.807) is 0 Å². The van der Waals surface area contributed by atoms with Gasteiger partial charge in [0.25, 0.3) is 5.91 Å². The summed E-state index contributed by atoms with van der Waals surface area (Å²) in [5, 5.41) is 2.97. The molecule has 1 fully saturated rings. The highest BCUT2D eigenvalue weighted by Gasteiger charge is 2.24. The lowest BCUT2D eigenvalue weighted by Crippen LogP contribution is -2.50. The lowest BCUT2D eigenvalue weighted by Gasteiger charge is -2.37. The van der Waals surface area contributed by atoms with Gasteiger partial charge in [0, 0.05) is 32.1 Å². The third-order valence-corrected chi connectivity index (χ3v) is 5.17. The Morgan fingerprint density at radius 1 is 1.00 bits per heavy atom. The van der Waals surface area contributed by atoms with Crippen molar-refractivity contribution in [2.45, 2.75) is 27.7 Å². The van der Waals surface area contributed by atoms with Crippen molar-refractivity contribution in [1.82, 2.24) is 4.90 Å². The van der Waals surface area contributed by atoms with Crippen LogP contribution in [0.2, 0.25) is 0 Å². The first-order valence-electron chi connectivity index (χ1n) is 10.5. The van der Waals surface area contributed by atoms with Crippen LogP contribution in [-0.2, 0) is 9.59 Å². The second kappa shape index (κ2) is 9.65. The number of nitrogens with zero attached hydrogens (tertiary/aromatic N) is 2. The van der Waals surface area contributed by atoms with Crippen LogP contribution in [0.15, 0.2) is 42.5 Å². The summed E-state index contributed by atoms with van der Waals surface area (Å²) < 4.78 is 5.68. The van der Waals surface area contributed by atoms with Crippen LogP contribution in [-0.4, -0.2) is 49.5 Å². The molecule has 1 heterocycles. The molecule has 6 heteroatoms. The second-order valence-corrected chi connectivity index (χ2v) is 8.14. The van der Waals surface area contributed by atoms with Gasteiger partial charge < -0.3 is 19.9 Å². The molecule has 0 unspecified atom stereocenters. The maximum atomic E-state index is 12.5. The summed E-state index contributed by atoms with van der Waals surface area (Å²) in [6, 6.07) is 13.7. The maximum absolute atomic E-state index is 12.5. The fourth-order valence-electron chi connectivity index (χ4n) is 3.74. The van der Waals surface area contributed by atoms with Gasteiger partial charge >= 0.3 is 0 Å². The van der Waals surface area contributed by atoms with Gasteiger partial charge in [0.2, 0.25) is 5.91 Å². The Bertz CT molecular complexity index is 882. The zero-order valence-corrected chi connectivity index (χ0v) is 18.3. The van der Waals surface area contributed by atoms with E-state index in [4.69, 9.17) is 4.74 Å². The summed E-state index contributed by atoms with van der Waals surface area (Å²) in [6.45, 7) is 10.7. The largest absolute Gasteiger partial charge is 0.484 e. The molecule has 0 saturated carbocycles. The Hall–Kier alpha value is -3.02. The lowest BCUT2D eigenvalue weighted by atomic mass is 10.1. The van der Waals surface area contributed by atoms with Crippen molar-refractivity contribution < 1.29 is 14.3 Å². The minimum Gasteiger partial charge on any atom is -0.484 e. The van der Waals surface area contributed by atoms with Crippen LogP contribution >= 0.6 is 0 Å². The van der Waals surface area contributed by atoms with Gasteiger partial charge in [-0.2, -0.15) is 0 Å². The Morgan fingerprint density at radius 3 is 2.27 bits per heavy atom. The summed E-state index contributed by atoms with van der Waals surface area (Å²) in [7, 11) is 0. The van der Waals surface area contributed by atoms with E-state index in [1.807, 2.05) is 69.0 Å². The molecular weight excluding hydrogens is 378 g/mol. The number of anilines is 2. The predicted molar refractivity (Wildman–Crippen MR) is 120 cm³/mol. The minimum absolute atomic E-state index is 0.0142. The van der Waals surface area contributed by atoms with E-state index in [0.29, 0.717) is 18.8 Å². The first kappa shape index (κ1) is 21.7. The first-order valence-corrected chi connectivity index (χ1v) is 10.5. The van der Waals surface area contributed by atoms with Gasteiger partial charge in [-0.3, -0.25) is 9.59 Å². The normalized spacial score (nSPS) is 14.0. The third-order valence-electron chi connectivity index (χ3n) is 5.17. The molecule has 30 heavy (non-hydrogen) atoms. The molecule has 1 aliphatic rings. The Labute approximate surface area is 178 Å². The van der Waals surface area contributed by atoms with Crippen LogP contribution in [0.5, 0.6) is 5.75 Å². The maximum Gasteiger partial charge on any atom is 0.262 e. The fraction of sp³-hybridized carbons (Fsp3) is 0.417. The smallest absolute Gasteiger partial charge is 0.262 e. The van der Waals surface area contributed by atoms with E-state index >= 15 is 0 Å². The molecule has 0 bridgehead atoms. The van der Waals surface area contributed by atoms with Crippen LogP contribution in [0.25, 0.3) is 0 Å². The molecule has 2 aromatic rings. The van der Waals surface area contributed by atoms with Crippen LogP contribution in [0.3, 0.4) is 0 Å². The van der Waals surface area contributed by atoms with Crippen molar-refractivity contribution in [1.29, 1.82) is 0 Å². The van der Waals surface area contributed by atoms with Crippen molar-refractivity contribution in [2.75, 3.05) is 43.0 Å². The van der Waals surface area contributed by atoms with E-state index in [9.17, 15) is 9.59 Å². The summed E-state index contributed by atoms with van der Waals surface area (Å²) >= 11 is 0. The summed E-state index contributed by atoms with van der Waals surface area (Å²) in [6.07, 6.45) is 0. The highest BCUT2D eigenvalue weighted by molar-refractivity contribution is 5.95. The standard InChI is InChI=1S/C24H31N3O3/c1-17(2)24(29)27-11-9-26(10-12-27)22-8-6-5-7-21(22)25-23(28)16-30-20-14-18(3)13-19(4)15-20/h5-8,13-15,17H,9-12,16H2,1-4H3,(H,25,28). The molecule has 160 valence electrons. The molecule has 2 aromatic carbocycles. The Balaban J connectivity index is 1.60. The number of hydrogen-bond donors (Lipinski definition) is 1. The number of nitrogens with one attached hydrogen (secondary N) is 1.